The fourth-order valence-electron chi connectivity index (χ4n) is 7.98. The number of para-hydroxylation sites is 3. The van der Waals surface area contributed by atoms with Crippen LogP contribution in [0.1, 0.15) is 6.85 Å². The highest BCUT2D eigenvalue weighted by Crippen LogP contribution is 2.41. The molecule has 3 nitrogen and oxygen atoms in total. The van der Waals surface area contributed by atoms with E-state index in [1.807, 2.05) is 42.5 Å². The van der Waals surface area contributed by atoms with Gasteiger partial charge in [-0.25, -0.2) is 0 Å². The monoisotopic (exact) mass is 655 g/mol. The molecule has 51 heavy (non-hydrogen) atoms. The summed E-state index contributed by atoms with van der Waals surface area (Å²) < 4.78 is 52.9. The fourth-order valence-corrected chi connectivity index (χ4v) is 7.98. The van der Waals surface area contributed by atoms with E-state index in [9.17, 15) is 0 Å². The lowest BCUT2D eigenvalue weighted by atomic mass is 9.98. The molecule has 0 aliphatic carbocycles. The van der Waals surface area contributed by atoms with Crippen molar-refractivity contribution >= 4 is 65.6 Å². The van der Waals surface area contributed by atoms with Crippen LogP contribution in [0.4, 0.5) is 0 Å². The average Bonchev–Trinajstić information content (AvgIpc) is 3.89. The van der Waals surface area contributed by atoms with Crippen LogP contribution < -0.4 is 0 Å². The molecule has 8 aromatic carbocycles. The highest BCUT2D eigenvalue weighted by atomic mass is 16.3. The molecule has 0 N–H and O–H groups in total. The third-order valence-corrected chi connectivity index (χ3v) is 10.2. The maximum atomic E-state index is 8.57. The second-order valence-electron chi connectivity index (χ2n) is 13.0. The molecule has 11 aromatic rings. The van der Waals surface area contributed by atoms with Crippen LogP contribution in [0, 0.1) is 0 Å². The van der Waals surface area contributed by atoms with Crippen LogP contribution in [-0.2, 0) is 0 Å². The Morgan fingerprint density at radius 3 is 1.73 bits per heavy atom. The Bertz CT molecular complexity index is 3360. The first kappa shape index (κ1) is 23.5. The molecule has 0 radical (unpaired) electrons. The van der Waals surface area contributed by atoms with Crippen LogP contribution in [0.5, 0.6) is 0 Å². The molecule has 11 rings (SSSR count). The van der Waals surface area contributed by atoms with Gasteiger partial charge in [0.05, 0.1) is 40.0 Å². The average molecular weight is 656 g/mol. The molecule has 238 valence electrons. The quantitative estimate of drug-likeness (QED) is 0.185. The largest absolute Gasteiger partial charge is 0.456 e. The van der Waals surface area contributed by atoms with Crippen molar-refractivity contribution in [2.75, 3.05) is 0 Å². The van der Waals surface area contributed by atoms with Gasteiger partial charge in [-0.2, -0.15) is 0 Å². The summed E-state index contributed by atoms with van der Waals surface area (Å²) in [6.45, 7) is 0. The van der Waals surface area contributed by atoms with Crippen molar-refractivity contribution in [2.45, 2.75) is 0 Å². The molecule has 0 fully saturated rings. The third-order valence-electron chi connectivity index (χ3n) is 10.2. The lowest BCUT2D eigenvalue weighted by molar-refractivity contribution is 0.669. The van der Waals surface area contributed by atoms with Crippen LogP contribution in [0.25, 0.3) is 99.2 Å². The van der Waals surface area contributed by atoms with Gasteiger partial charge in [0.2, 0.25) is 0 Å². The Morgan fingerprint density at radius 2 is 1.00 bits per heavy atom. The smallest absolute Gasteiger partial charge is 0.137 e. The molecular formula is C48H30N2O. The summed E-state index contributed by atoms with van der Waals surface area (Å²) in [7, 11) is 0. The first-order valence-corrected chi connectivity index (χ1v) is 17.0. The van der Waals surface area contributed by atoms with Crippen molar-refractivity contribution in [1.29, 1.82) is 0 Å². The fraction of sp³-hybridized carbons (Fsp3) is 0. The van der Waals surface area contributed by atoms with E-state index in [0.29, 0.717) is 5.56 Å². The zero-order valence-corrected chi connectivity index (χ0v) is 27.2. The predicted molar refractivity (Wildman–Crippen MR) is 213 cm³/mol. The number of hydrogen-bond donors (Lipinski definition) is 0. The van der Waals surface area contributed by atoms with E-state index in [0.717, 1.165) is 77.3 Å². The minimum absolute atomic E-state index is 0.182. The van der Waals surface area contributed by atoms with E-state index in [-0.39, 0.29) is 29.7 Å². The maximum Gasteiger partial charge on any atom is 0.137 e. The number of benzene rings is 8. The molecule has 3 aromatic heterocycles. The van der Waals surface area contributed by atoms with Gasteiger partial charge in [0, 0.05) is 32.6 Å². The summed E-state index contributed by atoms with van der Waals surface area (Å²) in [5.41, 5.74) is 10.6. The number of furan rings is 1. The van der Waals surface area contributed by atoms with Gasteiger partial charge in [-0.15, -0.1) is 0 Å². The highest BCUT2D eigenvalue weighted by molar-refractivity contribution is 6.15. The molecule has 0 bridgehead atoms. The molecule has 0 unspecified atom stereocenters. The summed E-state index contributed by atoms with van der Waals surface area (Å²) in [4.78, 5) is 0. The van der Waals surface area contributed by atoms with Gasteiger partial charge in [-0.05, 0) is 82.9 Å². The van der Waals surface area contributed by atoms with Crippen LogP contribution in [-0.4, -0.2) is 9.13 Å². The predicted octanol–water partition coefficient (Wildman–Crippen LogP) is 13.1. The molecule has 3 heterocycles. The number of nitrogens with zero attached hydrogens (tertiary/aromatic N) is 2. The zero-order valence-electron chi connectivity index (χ0n) is 32.2. The van der Waals surface area contributed by atoms with E-state index in [1.165, 1.54) is 10.8 Å². The van der Waals surface area contributed by atoms with Crippen molar-refractivity contribution in [3.63, 3.8) is 0 Å². The zero-order chi connectivity index (χ0) is 37.8. The van der Waals surface area contributed by atoms with E-state index < -0.39 is 6.04 Å². The third kappa shape index (κ3) is 4.19. The summed E-state index contributed by atoms with van der Waals surface area (Å²) in [5, 5.41) is 6.68. The number of fused-ring (bicyclic) bond motifs is 9. The van der Waals surface area contributed by atoms with Crippen LogP contribution in [0.2, 0.25) is 0 Å². The second kappa shape index (κ2) is 10.8. The molecule has 0 spiro atoms. The molecule has 0 saturated carbocycles. The minimum Gasteiger partial charge on any atom is -0.456 e. The van der Waals surface area contributed by atoms with Gasteiger partial charge in [0.1, 0.15) is 11.2 Å². The van der Waals surface area contributed by atoms with Crippen LogP contribution >= 0.6 is 0 Å². The SMILES string of the molecule is [2H]c1c([2H])c([2H])c(-c2cccc(-c3ccc4oc5cccc(-n6c7ccccc7c7ccc(-n8c9ccccc9c9ccccc98)cc76)c5c4c3)c2)c([2H])c1[2H]. The van der Waals surface area contributed by atoms with Gasteiger partial charge in [-0.1, -0.05) is 121 Å². The molecule has 0 aliphatic heterocycles. The van der Waals surface area contributed by atoms with E-state index in [4.69, 9.17) is 11.3 Å². The van der Waals surface area contributed by atoms with E-state index >= 15 is 0 Å². The first-order valence-electron chi connectivity index (χ1n) is 19.5. The highest BCUT2D eigenvalue weighted by Gasteiger charge is 2.20. The van der Waals surface area contributed by atoms with Gasteiger partial charge in [0.15, 0.2) is 0 Å². The number of aromatic nitrogens is 2. The standard InChI is InChI=1S/C48H30N2O/c1-2-12-31(13-3-1)32-14-10-15-33(28-32)34-24-27-46-40(29-34)48-44(22-11-23-47(48)51-46)50-43-21-9-6-18-38(43)39-26-25-35(30-45(39)50)49-41-19-7-4-16-36(41)37-17-5-8-20-42(37)49/h1-30H/i1D,2D,3D,12D,13D. The Kier molecular flexibility index (Phi) is 4.99. The Labute approximate surface area is 300 Å². The topological polar surface area (TPSA) is 23.0 Å². The van der Waals surface area contributed by atoms with Gasteiger partial charge in [-0.3, -0.25) is 0 Å². The summed E-state index contributed by atoms with van der Waals surface area (Å²) in [6, 6.07) is 50.7. The second-order valence-corrected chi connectivity index (χ2v) is 13.0. The Balaban J connectivity index is 1.14. The van der Waals surface area contributed by atoms with Gasteiger partial charge >= 0.3 is 0 Å². The normalized spacial score (nSPS) is 13.3. The maximum absolute atomic E-state index is 8.57. The van der Waals surface area contributed by atoms with Gasteiger partial charge < -0.3 is 13.6 Å². The molecular weight excluding hydrogens is 621 g/mol. The van der Waals surface area contributed by atoms with Crippen LogP contribution in [0.15, 0.2) is 186 Å². The van der Waals surface area contributed by atoms with Crippen molar-refractivity contribution < 1.29 is 11.3 Å². The summed E-state index contributed by atoms with van der Waals surface area (Å²) in [5.74, 6) is 0. The first-order chi connectivity index (χ1) is 27.4. The van der Waals surface area contributed by atoms with Crippen LogP contribution in [0.3, 0.4) is 0 Å². The number of hydrogen-bond acceptors (Lipinski definition) is 1. The Morgan fingerprint density at radius 1 is 0.392 bits per heavy atom. The molecule has 3 heteroatoms. The van der Waals surface area contributed by atoms with Crippen molar-refractivity contribution in [2.24, 2.45) is 0 Å². The molecule has 0 atom stereocenters. The van der Waals surface area contributed by atoms with E-state index in [2.05, 4.69) is 112 Å². The molecule has 0 amide bonds. The van der Waals surface area contributed by atoms with Gasteiger partial charge in [0.25, 0.3) is 0 Å². The lowest BCUT2D eigenvalue weighted by Gasteiger charge is -2.12. The van der Waals surface area contributed by atoms with Crippen molar-refractivity contribution in [1.82, 2.24) is 9.13 Å². The molecule has 0 saturated heterocycles. The summed E-state index contributed by atoms with van der Waals surface area (Å²) in [6.07, 6.45) is 0. The van der Waals surface area contributed by atoms with E-state index in [1.54, 1.807) is 6.07 Å². The summed E-state index contributed by atoms with van der Waals surface area (Å²) >= 11 is 0. The van der Waals surface area contributed by atoms with Crippen molar-refractivity contribution in [3.8, 4) is 33.6 Å². The minimum atomic E-state index is -0.404. The lowest BCUT2D eigenvalue weighted by Crippen LogP contribution is -1.97. The Hall–Kier alpha value is -6.84. The van der Waals surface area contributed by atoms with Crippen molar-refractivity contribution in [3.05, 3.63) is 182 Å². The molecule has 0 aliphatic rings. The number of rotatable bonds is 4.